The van der Waals surface area contributed by atoms with E-state index in [1.165, 1.54) is 0 Å². The fourth-order valence-corrected chi connectivity index (χ4v) is 2.43. The van der Waals surface area contributed by atoms with Gasteiger partial charge in [0.15, 0.2) is 5.96 Å². The van der Waals surface area contributed by atoms with E-state index in [0.717, 1.165) is 17.0 Å². The first-order valence-electron chi connectivity index (χ1n) is 6.39. The monoisotopic (exact) mass is 326 g/mol. The summed E-state index contributed by atoms with van der Waals surface area (Å²) in [6, 6.07) is 7.07. The summed E-state index contributed by atoms with van der Waals surface area (Å²) in [5, 5.41) is 8.10. The van der Waals surface area contributed by atoms with Gasteiger partial charge in [0.1, 0.15) is 11.5 Å². The number of aromatic nitrogens is 1. The molecule has 1 aromatic heterocycles. The predicted molar refractivity (Wildman–Crippen MR) is 84.6 cm³/mol. The second-order valence-electron chi connectivity index (χ2n) is 4.66. The number of nitrogens with two attached hydrogens (primary N) is 1. The van der Waals surface area contributed by atoms with E-state index in [0.29, 0.717) is 22.5 Å². The van der Waals surface area contributed by atoms with E-state index >= 15 is 0 Å². The van der Waals surface area contributed by atoms with Gasteiger partial charge in [0.05, 0.1) is 12.6 Å². The van der Waals surface area contributed by atoms with Gasteiger partial charge in [-0.1, -0.05) is 34.4 Å². The number of aliphatic imine (C=N–C) groups is 1. The first-order chi connectivity index (χ1) is 9.95. The Morgan fingerprint density at radius 2 is 2.19 bits per heavy atom. The molecule has 7 heteroatoms. The number of rotatable bonds is 4. The fourth-order valence-electron chi connectivity index (χ4n) is 1.86. The summed E-state index contributed by atoms with van der Waals surface area (Å²) in [6.07, 6.45) is 0. The van der Waals surface area contributed by atoms with E-state index < -0.39 is 0 Å². The maximum atomic E-state index is 6.16. The highest BCUT2D eigenvalue weighted by atomic mass is 35.5. The van der Waals surface area contributed by atoms with Crippen LogP contribution in [0.1, 0.15) is 30.0 Å². The Morgan fingerprint density at radius 1 is 1.43 bits per heavy atom. The lowest BCUT2D eigenvalue weighted by Crippen LogP contribution is -2.34. The summed E-state index contributed by atoms with van der Waals surface area (Å²) in [6.45, 7) is 4.13. The standard InChI is InChI=1S/C14H16Cl2N4O/c1-8-5-11(20-21-8)7-18-14(17)19-9(2)12-4-3-10(15)6-13(12)16/h3-6,9H,7H2,1-2H3,(H3,17,18,19)/t9-/m0/s1. The summed E-state index contributed by atoms with van der Waals surface area (Å²) < 4.78 is 4.96. The molecule has 0 unspecified atom stereocenters. The molecule has 5 nitrogen and oxygen atoms in total. The van der Waals surface area contributed by atoms with Crippen LogP contribution in [0.25, 0.3) is 0 Å². The first kappa shape index (κ1) is 15.7. The van der Waals surface area contributed by atoms with Crippen LogP contribution in [0.4, 0.5) is 0 Å². The highest BCUT2D eigenvalue weighted by Gasteiger charge is 2.10. The smallest absolute Gasteiger partial charge is 0.189 e. The number of nitrogens with zero attached hydrogens (tertiary/aromatic N) is 2. The van der Waals surface area contributed by atoms with Crippen LogP contribution in [0.15, 0.2) is 33.8 Å². The molecule has 0 bridgehead atoms. The molecular weight excluding hydrogens is 311 g/mol. The highest BCUT2D eigenvalue weighted by Crippen LogP contribution is 2.25. The van der Waals surface area contributed by atoms with Gasteiger partial charge in [-0.15, -0.1) is 0 Å². The molecule has 1 heterocycles. The molecule has 0 aliphatic carbocycles. The number of halogens is 2. The summed E-state index contributed by atoms with van der Waals surface area (Å²) in [7, 11) is 0. The normalized spacial score (nSPS) is 13.2. The average Bonchev–Trinajstić information content (AvgIpc) is 2.82. The number of aryl methyl sites for hydroxylation is 1. The van der Waals surface area contributed by atoms with Crippen LogP contribution in [0.3, 0.4) is 0 Å². The molecule has 1 aromatic carbocycles. The van der Waals surface area contributed by atoms with E-state index in [9.17, 15) is 0 Å². The predicted octanol–water partition coefficient (Wildman–Crippen LogP) is 3.46. The lowest BCUT2D eigenvalue weighted by atomic mass is 10.1. The maximum absolute atomic E-state index is 6.16. The van der Waals surface area contributed by atoms with E-state index in [1.54, 1.807) is 12.1 Å². The second kappa shape index (κ2) is 6.83. The van der Waals surface area contributed by atoms with Crippen molar-refractivity contribution in [2.24, 2.45) is 10.7 Å². The van der Waals surface area contributed by atoms with E-state index in [1.807, 2.05) is 26.0 Å². The van der Waals surface area contributed by atoms with Crippen LogP contribution in [-0.4, -0.2) is 11.1 Å². The Bertz CT molecular complexity index is 654. The highest BCUT2D eigenvalue weighted by molar-refractivity contribution is 6.35. The molecule has 0 saturated carbocycles. The number of nitrogens with one attached hydrogen (secondary N) is 1. The zero-order valence-electron chi connectivity index (χ0n) is 11.7. The molecule has 0 aliphatic rings. The molecule has 0 aliphatic heterocycles. The van der Waals surface area contributed by atoms with Crippen molar-refractivity contribution in [1.82, 2.24) is 10.5 Å². The minimum Gasteiger partial charge on any atom is -0.370 e. The van der Waals surface area contributed by atoms with Crippen LogP contribution in [0.5, 0.6) is 0 Å². The number of benzene rings is 1. The first-order valence-corrected chi connectivity index (χ1v) is 7.15. The molecule has 0 saturated heterocycles. The minimum atomic E-state index is -0.0856. The summed E-state index contributed by atoms with van der Waals surface area (Å²) >= 11 is 12.0. The van der Waals surface area contributed by atoms with Gasteiger partial charge in [0, 0.05) is 16.1 Å². The molecule has 2 rings (SSSR count). The van der Waals surface area contributed by atoms with E-state index in [-0.39, 0.29) is 6.04 Å². The van der Waals surface area contributed by atoms with Gasteiger partial charge in [-0.25, -0.2) is 4.99 Å². The zero-order chi connectivity index (χ0) is 15.4. The van der Waals surface area contributed by atoms with Crippen LogP contribution in [-0.2, 0) is 6.54 Å². The minimum absolute atomic E-state index is 0.0856. The Balaban J connectivity index is 1.99. The van der Waals surface area contributed by atoms with Gasteiger partial charge in [-0.3, -0.25) is 0 Å². The molecule has 0 radical (unpaired) electrons. The van der Waals surface area contributed by atoms with Crippen molar-refractivity contribution in [1.29, 1.82) is 0 Å². The summed E-state index contributed by atoms with van der Waals surface area (Å²) in [5.74, 6) is 1.06. The Hall–Kier alpha value is -1.72. The van der Waals surface area contributed by atoms with Crippen molar-refractivity contribution >= 4 is 29.2 Å². The van der Waals surface area contributed by atoms with Crippen LogP contribution < -0.4 is 11.1 Å². The fraction of sp³-hybridized carbons (Fsp3) is 0.286. The Morgan fingerprint density at radius 3 is 2.81 bits per heavy atom. The molecule has 0 spiro atoms. The van der Waals surface area contributed by atoms with Crippen molar-refractivity contribution in [3.05, 3.63) is 51.3 Å². The third-order valence-electron chi connectivity index (χ3n) is 2.88. The van der Waals surface area contributed by atoms with Crippen molar-refractivity contribution in [3.63, 3.8) is 0 Å². The third kappa shape index (κ3) is 4.37. The molecule has 0 amide bonds. The molecule has 112 valence electrons. The number of hydrogen-bond acceptors (Lipinski definition) is 3. The lowest BCUT2D eigenvalue weighted by molar-refractivity contribution is 0.391. The Labute approximate surface area is 133 Å². The zero-order valence-corrected chi connectivity index (χ0v) is 13.2. The summed E-state index contributed by atoms with van der Waals surface area (Å²) in [5.41, 5.74) is 7.49. The molecule has 1 atom stereocenters. The van der Waals surface area contributed by atoms with Crippen LogP contribution in [0, 0.1) is 6.92 Å². The SMILES string of the molecule is Cc1cc(CN=C(N)N[C@@H](C)c2ccc(Cl)cc2Cl)no1. The number of guanidine groups is 1. The molecule has 2 aromatic rings. The van der Waals surface area contributed by atoms with E-state index in [2.05, 4.69) is 15.5 Å². The quantitative estimate of drug-likeness (QED) is 0.666. The van der Waals surface area contributed by atoms with Crippen LogP contribution in [0.2, 0.25) is 10.0 Å². The van der Waals surface area contributed by atoms with Crippen LogP contribution >= 0.6 is 23.2 Å². The maximum Gasteiger partial charge on any atom is 0.189 e. The summed E-state index contributed by atoms with van der Waals surface area (Å²) in [4.78, 5) is 4.21. The largest absolute Gasteiger partial charge is 0.370 e. The van der Waals surface area contributed by atoms with Crippen molar-refractivity contribution in [2.75, 3.05) is 0 Å². The van der Waals surface area contributed by atoms with Gasteiger partial charge in [-0.05, 0) is 31.5 Å². The second-order valence-corrected chi connectivity index (χ2v) is 5.51. The molecular formula is C14H16Cl2N4O. The third-order valence-corrected chi connectivity index (χ3v) is 3.44. The molecule has 21 heavy (non-hydrogen) atoms. The van der Waals surface area contributed by atoms with Gasteiger partial charge in [-0.2, -0.15) is 0 Å². The topological polar surface area (TPSA) is 76.4 Å². The lowest BCUT2D eigenvalue weighted by Gasteiger charge is -2.16. The van der Waals surface area contributed by atoms with E-state index in [4.69, 9.17) is 33.5 Å². The van der Waals surface area contributed by atoms with Crippen molar-refractivity contribution in [2.45, 2.75) is 26.4 Å². The Kier molecular flexibility index (Phi) is 5.09. The van der Waals surface area contributed by atoms with Gasteiger partial charge >= 0.3 is 0 Å². The number of hydrogen-bond donors (Lipinski definition) is 2. The van der Waals surface area contributed by atoms with Gasteiger partial charge in [0.2, 0.25) is 0 Å². The van der Waals surface area contributed by atoms with Gasteiger partial charge < -0.3 is 15.6 Å². The molecule has 3 N–H and O–H groups in total. The van der Waals surface area contributed by atoms with Crippen molar-refractivity contribution in [3.8, 4) is 0 Å². The van der Waals surface area contributed by atoms with Gasteiger partial charge in [0.25, 0.3) is 0 Å². The van der Waals surface area contributed by atoms with Crippen molar-refractivity contribution < 1.29 is 4.52 Å². The average molecular weight is 327 g/mol. The molecule has 0 fully saturated rings.